The first-order chi connectivity index (χ1) is 8.99. The third kappa shape index (κ3) is 2.96. The normalized spacial score (nSPS) is 19.2. The van der Waals surface area contributed by atoms with Crippen LogP contribution in [0.5, 0.6) is 0 Å². The molecule has 1 aromatic heterocycles. The lowest BCUT2D eigenvalue weighted by molar-refractivity contribution is -0.123. The van der Waals surface area contributed by atoms with Crippen molar-refractivity contribution in [2.75, 3.05) is 18.8 Å². The Labute approximate surface area is 115 Å². The van der Waals surface area contributed by atoms with Gasteiger partial charge in [-0.2, -0.15) is 0 Å². The summed E-state index contributed by atoms with van der Waals surface area (Å²) in [6.45, 7) is 0.912. The highest BCUT2D eigenvalue weighted by atomic mass is 35.5. The fourth-order valence-electron chi connectivity index (χ4n) is 2.19. The number of rotatable bonds is 2. The van der Waals surface area contributed by atoms with Gasteiger partial charge in [-0.05, 0) is 18.9 Å². The number of aromatic nitrogens is 1. The van der Waals surface area contributed by atoms with Crippen LogP contribution in [0, 0.1) is 5.92 Å². The minimum absolute atomic E-state index is 0.209. The van der Waals surface area contributed by atoms with Gasteiger partial charge < -0.3 is 16.4 Å². The predicted molar refractivity (Wildman–Crippen MR) is 71.5 cm³/mol. The second kappa shape index (κ2) is 5.44. The number of primary amides is 1. The number of likely N-dealkylation sites (tertiary alicyclic amines) is 1. The summed E-state index contributed by atoms with van der Waals surface area (Å²) >= 11 is 5.77. The molecule has 2 amide bonds. The number of nitrogens with zero attached hydrogens (tertiary/aromatic N) is 2. The third-order valence-corrected chi connectivity index (χ3v) is 3.45. The van der Waals surface area contributed by atoms with Crippen LogP contribution in [0.3, 0.4) is 0 Å². The van der Waals surface area contributed by atoms with E-state index in [9.17, 15) is 9.59 Å². The summed E-state index contributed by atoms with van der Waals surface area (Å²) in [5, 5.41) is 0.209. The van der Waals surface area contributed by atoms with Crippen LogP contribution < -0.4 is 11.5 Å². The maximum absolute atomic E-state index is 12.3. The summed E-state index contributed by atoms with van der Waals surface area (Å²) in [6.07, 6.45) is 2.81. The van der Waals surface area contributed by atoms with Gasteiger partial charge in [0.25, 0.3) is 5.91 Å². The number of halogens is 1. The monoisotopic (exact) mass is 282 g/mol. The molecule has 1 unspecified atom stereocenters. The van der Waals surface area contributed by atoms with Crippen LogP contribution in [0.2, 0.25) is 5.15 Å². The number of hydrogen-bond acceptors (Lipinski definition) is 4. The number of pyridine rings is 1. The van der Waals surface area contributed by atoms with Gasteiger partial charge >= 0.3 is 0 Å². The fourth-order valence-corrected chi connectivity index (χ4v) is 2.35. The van der Waals surface area contributed by atoms with E-state index in [1.54, 1.807) is 4.90 Å². The van der Waals surface area contributed by atoms with Crippen molar-refractivity contribution in [3.05, 3.63) is 23.0 Å². The predicted octanol–water partition coefficient (Wildman–Crippen LogP) is 0.655. The van der Waals surface area contributed by atoms with E-state index in [4.69, 9.17) is 23.1 Å². The molecule has 0 radical (unpaired) electrons. The molecule has 1 saturated heterocycles. The first-order valence-electron chi connectivity index (χ1n) is 5.98. The highest BCUT2D eigenvalue weighted by Crippen LogP contribution is 2.22. The molecule has 102 valence electrons. The van der Waals surface area contributed by atoms with Crippen molar-refractivity contribution in [1.29, 1.82) is 0 Å². The Morgan fingerprint density at radius 1 is 1.47 bits per heavy atom. The van der Waals surface area contributed by atoms with Crippen LogP contribution in [0.15, 0.2) is 12.3 Å². The molecule has 1 aliphatic rings. The molecule has 0 spiro atoms. The molecule has 2 heterocycles. The van der Waals surface area contributed by atoms with E-state index < -0.39 is 0 Å². The molecule has 4 N–H and O–H groups in total. The molecular weight excluding hydrogens is 268 g/mol. The largest absolute Gasteiger partial charge is 0.397 e. The van der Waals surface area contributed by atoms with E-state index in [0.717, 1.165) is 6.42 Å². The SMILES string of the molecule is NC(=O)C1CCCN(C(=O)c2cc(Cl)ncc2N)C1. The summed E-state index contributed by atoms with van der Waals surface area (Å²) in [4.78, 5) is 28.9. The van der Waals surface area contributed by atoms with E-state index in [1.165, 1.54) is 12.3 Å². The summed E-state index contributed by atoms with van der Waals surface area (Å²) in [7, 11) is 0. The molecule has 0 aliphatic carbocycles. The van der Waals surface area contributed by atoms with Gasteiger partial charge in [0.1, 0.15) is 5.15 Å². The van der Waals surface area contributed by atoms with Crippen molar-refractivity contribution >= 4 is 29.1 Å². The summed E-state index contributed by atoms with van der Waals surface area (Å²) < 4.78 is 0. The number of carbonyl (C=O) groups is 2. The second-order valence-corrected chi connectivity index (χ2v) is 4.97. The molecule has 0 bridgehead atoms. The van der Waals surface area contributed by atoms with Gasteiger partial charge in [0.05, 0.1) is 23.4 Å². The lowest BCUT2D eigenvalue weighted by atomic mass is 9.97. The second-order valence-electron chi connectivity index (χ2n) is 4.59. The third-order valence-electron chi connectivity index (χ3n) is 3.24. The Kier molecular flexibility index (Phi) is 3.90. The number of anilines is 1. The van der Waals surface area contributed by atoms with Crippen LogP contribution in [0.1, 0.15) is 23.2 Å². The molecule has 1 aliphatic heterocycles. The molecule has 2 rings (SSSR count). The number of nitrogen functional groups attached to an aromatic ring is 1. The maximum Gasteiger partial charge on any atom is 0.256 e. The van der Waals surface area contributed by atoms with E-state index in [0.29, 0.717) is 25.1 Å². The Hall–Kier alpha value is -1.82. The van der Waals surface area contributed by atoms with Crippen LogP contribution in [0.25, 0.3) is 0 Å². The molecule has 1 aromatic rings. The average molecular weight is 283 g/mol. The van der Waals surface area contributed by atoms with E-state index >= 15 is 0 Å². The van der Waals surface area contributed by atoms with Crippen LogP contribution in [-0.2, 0) is 4.79 Å². The molecule has 6 nitrogen and oxygen atoms in total. The van der Waals surface area contributed by atoms with Crippen molar-refractivity contribution in [3.63, 3.8) is 0 Å². The summed E-state index contributed by atoms with van der Waals surface area (Å²) in [5.41, 5.74) is 11.6. The Morgan fingerprint density at radius 3 is 2.89 bits per heavy atom. The number of hydrogen-bond donors (Lipinski definition) is 2. The Bertz CT molecular complexity index is 520. The smallest absolute Gasteiger partial charge is 0.256 e. The number of amides is 2. The standard InChI is InChI=1S/C12H15ClN4O2/c13-10-4-8(9(14)5-16-10)12(19)17-3-1-2-7(6-17)11(15)18/h4-5,7H,1-3,6,14H2,(H2,15,18). The first kappa shape index (κ1) is 13.6. The average Bonchev–Trinajstić information content (AvgIpc) is 2.41. The molecule has 1 fully saturated rings. The van der Waals surface area contributed by atoms with E-state index in [2.05, 4.69) is 4.98 Å². The minimum Gasteiger partial charge on any atom is -0.397 e. The van der Waals surface area contributed by atoms with Gasteiger partial charge in [0.2, 0.25) is 5.91 Å². The van der Waals surface area contributed by atoms with Crippen LogP contribution in [-0.4, -0.2) is 34.8 Å². The van der Waals surface area contributed by atoms with E-state index in [-0.39, 0.29) is 28.6 Å². The zero-order valence-corrected chi connectivity index (χ0v) is 11.1. The highest BCUT2D eigenvalue weighted by molar-refractivity contribution is 6.29. The summed E-state index contributed by atoms with van der Waals surface area (Å²) in [6, 6.07) is 1.44. The van der Waals surface area contributed by atoms with E-state index in [1.807, 2.05) is 0 Å². The topological polar surface area (TPSA) is 102 Å². The zero-order valence-electron chi connectivity index (χ0n) is 10.3. The van der Waals surface area contributed by atoms with Crippen molar-refractivity contribution in [2.24, 2.45) is 11.7 Å². The molecule has 19 heavy (non-hydrogen) atoms. The number of piperidine rings is 1. The Balaban J connectivity index is 2.19. The van der Waals surface area contributed by atoms with Crippen LogP contribution in [0.4, 0.5) is 5.69 Å². The molecular formula is C12H15ClN4O2. The molecule has 0 aromatic carbocycles. The highest BCUT2D eigenvalue weighted by Gasteiger charge is 2.28. The van der Waals surface area contributed by atoms with Crippen molar-refractivity contribution in [1.82, 2.24) is 9.88 Å². The van der Waals surface area contributed by atoms with Crippen molar-refractivity contribution < 1.29 is 9.59 Å². The van der Waals surface area contributed by atoms with Gasteiger partial charge in [-0.15, -0.1) is 0 Å². The maximum atomic E-state index is 12.3. The van der Waals surface area contributed by atoms with Gasteiger partial charge in [0, 0.05) is 13.1 Å². The molecule has 1 atom stereocenters. The van der Waals surface area contributed by atoms with Gasteiger partial charge in [-0.3, -0.25) is 9.59 Å². The van der Waals surface area contributed by atoms with Crippen LogP contribution >= 0.6 is 11.6 Å². The molecule has 0 saturated carbocycles. The first-order valence-corrected chi connectivity index (χ1v) is 6.36. The number of nitrogens with two attached hydrogens (primary N) is 2. The molecule has 7 heteroatoms. The summed E-state index contributed by atoms with van der Waals surface area (Å²) in [5.74, 6) is -0.915. The van der Waals surface area contributed by atoms with Gasteiger partial charge in [-0.25, -0.2) is 4.98 Å². The lowest BCUT2D eigenvalue weighted by Gasteiger charge is -2.31. The quantitative estimate of drug-likeness (QED) is 0.778. The minimum atomic E-state index is -0.377. The lowest BCUT2D eigenvalue weighted by Crippen LogP contribution is -2.44. The Morgan fingerprint density at radius 2 is 2.21 bits per heavy atom. The zero-order chi connectivity index (χ0) is 14.0. The van der Waals surface area contributed by atoms with Crippen molar-refractivity contribution in [2.45, 2.75) is 12.8 Å². The fraction of sp³-hybridized carbons (Fsp3) is 0.417. The number of carbonyl (C=O) groups excluding carboxylic acids is 2. The van der Waals surface area contributed by atoms with Gasteiger partial charge in [-0.1, -0.05) is 11.6 Å². The van der Waals surface area contributed by atoms with Crippen molar-refractivity contribution in [3.8, 4) is 0 Å². The van der Waals surface area contributed by atoms with Gasteiger partial charge in [0.15, 0.2) is 0 Å².